The fourth-order valence-corrected chi connectivity index (χ4v) is 2.60. The first-order chi connectivity index (χ1) is 10.1. The number of benzene rings is 1. The highest BCUT2D eigenvalue weighted by atomic mass is 35.5. The standard InChI is InChI=1S/C15H19ClN2O3/c1-21-8-4-7-17-15(20)11-9-14(19)18(10-11)13-6-3-2-5-12(13)16/h2-3,5-6,11H,4,7-10H2,1H3,(H,17,20). The molecule has 0 saturated carbocycles. The first-order valence-electron chi connectivity index (χ1n) is 6.95. The number of anilines is 1. The van der Waals surface area contributed by atoms with Crippen LogP contribution >= 0.6 is 11.6 Å². The van der Waals surface area contributed by atoms with E-state index in [2.05, 4.69) is 5.32 Å². The fourth-order valence-electron chi connectivity index (χ4n) is 2.36. The predicted molar refractivity (Wildman–Crippen MR) is 81.4 cm³/mol. The number of hydrogen-bond acceptors (Lipinski definition) is 3. The van der Waals surface area contributed by atoms with Gasteiger partial charge in [-0.2, -0.15) is 0 Å². The van der Waals surface area contributed by atoms with Gasteiger partial charge in [-0.05, 0) is 18.6 Å². The van der Waals surface area contributed by atoms with Crippen LogP contribution in [-0.4, -0.2) is 38.6 Å². The van der Waals surface area contributed by atoms with Crippen molar-refractivity contribution in [3.05, 3.63) is 29.3 Å². The molecular weight excluding hydrogens is 292 g/mol. The number of rotatable bonds is 6. The van der Waals surface area contributed by atoms with Gasteiger partial charge in [0.25, 0.3) is 0 Å². The highest BCUT2D eigenvalue weighted by molar-refractivity contribution is 6.33. The Morgan fingerprint density at radius 2 is 2.24 bits per heavy atom. The van der Waals surface area contributed by atoms with Gasteiger partial charge in [-0.25, -0.2) is 0 Å². The Labute approximate surface area is 129 Å². The summed E-state index contributed by atoms with van der Waals surface area (Å²) in [7, 11) is 1.62. The zero-order chi connectivity index (χ0) is 15.2. The van der Waals surface area contributed by atoms with Crippen LogP contribution in [0.3, 0.4) is 0 Å². The molecule has 0 aliphatic carbocycles. The van der Waals surface area contributed by atoms with Crippen LogP contribution in [-0.2, 0) is 14.3 Å². The van der Waals surface area contributed by atoms with Crippen LogP contribution < -0.4 is 10.2 Å². The second-order valence-corrected chi connectivity index (χ2v) is 5.40. The average Bonchev–Trinajstić information content (AvgIpc) is 2.86. The molecule has 1 saturated heterocycles. The number of nitrogens with one attached hydrogen (secondary N) is 1. The van der Waals surface area contributed by atoms with Crippen LogP contribution in [0.25, 0.3) is 0 Å². The monoisotopic (exact) mass is 310 g/mol. The van der Waals surface area contributed by atoms with E-state index in [0.717, 1.165) is 6.42 Å². The summed E-state index contributed by atoms with van der Waals surface area (Å²) in [4.78, 5) is 25.7. The number of methoxy groups -OCH3 is 1. The zero-order valence-electron chi connectivity index (χ0n) is 12.0. The van der Waals surface area contributed by atoms with E-state index < -0.39 is 0 Å². The van der Waals surface area contributed by atoms with E-state index in [0.29, 0.717) is 30.4 Å². The quantitative estimate of drug-likeness (QED) is 0.816. The summed E-state index contributed by atoms with van der Waals surface area (Å²) in [5.74, 6) is -0.481. The minimum absolute atomic E-state index is 0.0693. The number of carbonyl (C=O) groups excluding carboxylic acids is 2. The molecule has 0 radical (unpaired) electrons. The Balaban J connectivity index is 1.93. The topological polar surface area (TPSA) is 58.6 Å². The predicted octanol–water partition coefficient (Wildman–Crippen LogP) is 1.85. The Hall–Kier alpha value is -1.59. The summed E-state index contributed by atoms with van der Waals surface area (Å²) in [5.41, 5.74) is 0.666. The van der Waals surface area contributed by atoms with Crippen molar-refractivity contribution in [1.82, 2.24) is 5.32 Å². The number of hydrogen-bond donors (Lipinski definition) is 1. The molecule has 1 unspecified atom stereocenters. The fraction of sp³-hybridized carbons (Fsp3) is 0.467. The van der Waals surface area contributed by atoms with Crippen LogP contribution in [0.4, 0.5) is 5.69 Å². The van der Waals surface area contributed by atoms with Crippen LogP contribution in [0.5, 0.6) is 0 Å². The van der Waals surface area contributed by atoms with Crippen molar-refractivity contribution in [3.63, 3.8) is 0 Å². The number of para-hydroxylation sites is 1. The number of halogens is 1. The van der Waals surface area contributed by atoms with E-state index in [1.54, 1.807) is 24.1 Å². The van der Waals surface area contributed by atoms with Crippen molar-refractivity contribution >= 4 is 29.1 Å². The highest BCUT2D eigenvalue weighted by Gasteiger charge is 2.35. The van der Waals surface area contributed by atoms with Crippen LogP contribution in [0.1, 0.15) is 12.8 Å². The SMILES string of the molecule is COCCCNC(=O)C1CC(=O)N(c2ccccc2Cl)C1. The molecule has 1 fully saturated rings. The number of nitrogens with zero attached hydrogens (tertiary/aromatic N) is 1. The van der Waals surface area contributed by atoms with Crippen LogP contribution in [0.15, 0.2) is 24.3 Å². The van der Waals surface area contributed by atoms with Gasteiger partial charge >= 0.3 is 0 Å². The van der Waals surface area contributed by atoms with Gasteiger partial charge in [0.2, 0.25) is 11.8 Å². The third-order valence-corrected chi connectivity index (χ3v) is 3.78. The smallest absolute Gasteiger partial charge is 0.227 e. The van der Waals surface area contributed by atoms with Gasteiger partial charge in [0, 0.05) is 33.2 Å². The molecule has 1 aromatic carbocycles. The molecule has 1 heterocycles. The maximum Gasteiger partial charge on any atom is 0.227 e. The van der Waals surface area contributed by atoms with Gasteiger partial charge < -0.3 is 15.0 Å². The van der Waals surface area contributed by atoms with E-state index >= 15 is 0 Å². The molecule has 1 aliphatic heterocycles. The lowest BCUT2D eigenvalue weighted by atomic mass is 10.1. The molecule has 1 atom stereocenters. The van der Waals surface area contributed by atoms with Crippen molar-refractivity contribution in [1.29, 1.82) is 0 Å². The molecule has 1 aliphatic rings. The summed E-state index contributed by atoms with van der Waals surface area (Å²) >= 11 is 6.11. The number of ether oxygens (including phenoxy) is 1. The minimum atomic E-state index is -0.323. The molecule has 0 spiro atoms. The van der Waals surface area contributed by atoms with Crippen LogP contribution in [0.2, 0.25) is 5.02 Å². The maximum absolute atomic E-state index is 12.1. The Bertz CT molecular complexity index is 521. The molecule has 21 heavy (non-hydrogen) atoms. The molecular formula is C15H19ClN2O3. The largest absolute Gasteiger partial charge is 0.385 e. The molecule has 2 amide bonds. The molecule has 6 heteroatoms. The molecule has 1 aromatic rings. The number of amides is 2. The van der Waals surface area contributed by atoms with E-state index in [1.807, 2.05) is 12.1 Å². The maximum atomic E-state index is 12.1. The van der Waals surface area contributed by atoms with Crippen molar-refractivity contribution in [2.75, 3.05) is 31.7 Å². The summed E-state index contributed by atoms with van der Waals surface area (Å²) in [5, 5.41) is 3.36. The highest BCUT2D eigenvalue weighted by Crippen LogP contribution is 2.30. The lowest BCUT2D eigenvalue weighted by Gasteiger charge is -2.18. The first-order valence-corrected chi connectivity index (χ1v) is 7.33. The van der Waals surface area contributed by atoms with Crippen molar-refractivity contribution in [2.45, 2.75) is 12.8 Å². The van der Waals surface area contributed by atoms with Gasteiger partial charge in [0.05, 0.1) is 16.6 Å². The molecule has 1 N–H and O–H groups in total. The summed E-state index contributed by atoms with van der Waals surface area (Å²) in [6, 6.07) is 7.17. The summed E-state index contributed by atoms with van der Waals surface area (Å²) in [6.45, 7) is 1.54. The average molecular weight is 311 g/mol. The van der Waals surface area contributed by atoms with Crippen molar-refractivity contribution < 1.29 is 14.3 Å². The van der Waals surface area contributed by atoms with Crippen LogP contribution in [0, 0.1) is 5.92 Å². The van der Waals surface area contributed by atoms with Crippen molar-refractivity contribution in [3.8, 4) is 0 Å². The Morgan fingerprint density at radius 3 is 2.95 bits per heavy atom. The summed E-state index contributed by atoms with van der Waals surface area (Å²) < 4.78 is 4.93. The van der Waals surface area contributed by atoms with Gasteiger partial charge in [0.15, 0.2) is 0 Å². The van der Waals surface area contributed by atoms with Gasteiger partial charge in [-0.3, -0.25) is 9.59 Å². The minimum Gasteiger partial charge on any atom is -0.385 e. The zero-order valence-corrected chi connectivity index (χ0v) is 12.7. The molecule has 0 bridgehead atoms. The molecule has 0 aromatic heterocycles. The van der Waals surface area contributed by atoms with Gasteiger partial charge in [0.1, 0.15) is 0 Å². The van der Waals surface area contributed by atoms with Gasteiger partial charge in [-0.1, -0.05) is 23.7 Å². The molecule has 2 rings (SSSR count). The number of carbonyl (C=O) groups is 2. The summed E-state index contributed by atoms with van der Waals surface area (Å²) in [6.07, 6.45) is 0.985. The van der Waals surface area contributed by atoms with E-state index in [4.69, 9.17) is 16.3 Å². The third kappa shape index (κ3) is 3.95. The third-order valence-electron chi connectivity index (χ3n) is 3.46. The normalized spacial score (nSPS) is 18.1. The Kier molecular flexibility index (Phi) is 5.59. The van der Waals surface area contributed by atoms with E-state index in [1.165, 1.54) is 0 Å². The molecule has 5 nitrogen and oxygen atoms in total. The molecule has 114 valence electrons. The lowest BCUT2D eigenvalue weighted by Crippen LogP contribution is -2.33. The van der Waals surface area contributed by atoms with E-state index in [9.17, 15) is 9.59 Å². The van der Waals surface area contributed by atoms with Crippen molar-refractivity contribution in [2.24, 2.45) is 5.92 Å². The second-order valence-electron chi connectivity index (χ2n) is 4.99. The first kappa shape index (κ1) is 15.8. The Morgan fingerprint density at radius 1 is 1.48 bits per heavy atom. The second kappa shape index (κ2) is 7.43. The van der Waals surface area contributed by atoms with Gasteiger partial charge in [-0.15, -0.1) is 0 Å². The van der Waals surface area contributed by atoms with E-state index in [-0.39, 0.29) is 24.2 Å². The lowest BCUT2D eigenvalue weighted by molar-refractivity contribution is -0.126.